The van der Waals surface area contributed by atoms with Gasteiger partial charge in [0.05, 0.1) is 11.7 Å². The van der Waals surface area contributed by atoms with E-state index < -0.39 is 16.1 Å². The van der Waals surface area contributed by atoms with E-state index in [1.807, 2.05) is 6.07 Å². The van der Waals surface area contributed by atoms with Gasteiger partial charge in [-0.25, -0.2) is 13.1 Å². The minimum Gasteiger partial charge on any atom is -0.396 e. The van der Waals surface area contributed by atoms with Gasteiger partial charge in [0.15, 0.2) is 0 Å². The molecule has 0 spiro atoms. The maximum absolute atomic E-state index is 12.2. The van der Waals surface area contributed by atoms with Crippen molar-refractivity contribution in [3.63, 3.8) is 0 Å². The van der Waals surface area contributed by atoms with Gasteiger partial charge in [0.1, 0.15) is 4.21 Å². The van der Waals surface area contributed by atoms with Crippen LogP contribution in [0.25, 0.3) is 0 Å². The average molecular weight is 312 g/mol. The average Bonchev–Trinajstić information content (AvgIpc) is 2.89. The lowest BCUT2D eigenvalue weighted by molar-refractivity contribution is 0.300. The number of sulfonamides is 1. The first-order chi connectivity index (χ1) is 9.53. The number of thiophene rings is 1. The van der Waals surface area contributed by atoms with Gasteiger partial charge in [-0.3, -0.25) is 4.98 Å². The van der Waals surface area contributed by atoms with Gasteiger partial charge in [-0.1, -0.05) is 6.07 Å². The van der Waals surface area contributed by atoms with Gasteiger partial charge >= 0.3 is 0 Å². The van der Waals surface area contributed by atoms with Crippen LogP contribution in [-0.2, 0) is 16.4 Å². The number of aliphatic hydroxyl groups is 1. The molecule has 2 heterocycles. The van der Waals surface area contributed by atoms with Crippen LogP contribution in [0.4, 0.5) is 0 Å². The molecule has 5 nitrogen and oxygen atoms in total. The second-order valence-corrected chi connectivity index (χ2v) is 7.40. The number of nitrogens with zero attached hydrogens (tertiary/aromatic N) is 1. The molecule has 1 atom stereocenters. The van der Waals surface area contributed by atoms with E-state index in [1.54, 1.807) is 37.4 Å². The van der Waals surface area contributed by atoms with Gasteiger partial charge < -0.3 is 5.11 Å². The minimum absolute atomic E-state index is 0.0117. The molecule has 7 heteroatoms. The molecule has 20 heavy (non-hydrogen) atoms. The van der Waals surface area contributed by atoms with Gasteiger partial charge in [0.2, 0.25) is 0 Å². The number of pyridine rings is 1. The van der Waals surface area contributed by atoms with Gasteiger partial charge in [-0.15, -0.1) is 11.3 Å². The summed E-state index contributed by atoms with van der Waals surface area (Å²) in [5.41, 5.74) is 0.670. The third-order valence-corrected chi connectivity index (χ3v) is 5.90. The lowest BCUT2D eigenvalue weighted by Crippen LogP contribution is -2.26. The molecule has 0 saturated carbocycles. The highest BCUT2D eigenvalue weighted by Crippen LogP contribution is 2.23. The number of aliphatic hydroxyl groups excluding tert-OH is 1. The monoisotopic (exact) mass is 312 g/mol. The van der Waals surface area contributed by atoms with Crippen LogP contribution in [0.2, 0.25) is 0 Å². The standard InChI is InChI=1S/C13H16N2O3S2/c1-10(12-4-2-3-8-14-12)15-20(17,18)13-6-5-11(19-13)7-9-16/h2-6,8,10,15-16H,7,9H2,1H3. The highest BCUT2D eigenvalue weighted by Gasteiger charge is 2.20. The normalized spacial score (nSPS) is 13.3. The second kappa shape index (κ2) is 6.45. The first kappa shape index (κ1) is 15.1. The summed E-state index contributed by atoms with van der Waals surface area (Å²) in [5.74, 6) is 0. The SMILES string of the molecule is CC(NS(=O)(=O)c1ccc(CCO)s1)c1ccccn1. The zero-order valence-corrected chi connectivity index (χ0v) is 12.6. The third kappa shape index (κ3) is 3.63. The van der Waals surface area contributed by atoms with Crippen LogP contribution in [0, 0.1) is 0 Å². The van der Waals surface area contributed by atoms with E-state index in [9.17, 15) is 8.42 Å². The Morgan fingerprint density at radius 2 is 2.15 bits per heavy atom. The molecule has 0 aromatic carbocycles. The summed E-state index contributed by atoms with van der Waals surface area (Å²) in [6.45, 7) is 1.76. The first-order valence-corrected chi connectivity index (χ1v) is 8.46. The van der Waals surface area contributed by atoms with E-state index in [-0.39, 0.29) is 10.8 Å². The Labute approximate surface area is 122 Å². The molecule has 0 amide bonds. The van der Waals surface area contributed by atoms with E-state index in [4.69, 9.17) is 5.11 Å². The summed E-state index contributed by atoms with van der Waals surface area (Å²) in [5, 5.41) is 8.86. The molecular weight excluding hydrogens is 296 g/mol. The maximum Gasteiger partial charge on any atom is 0.250 e. The lowest BCUT2D eigenvalue weighted by atomic mass is 10.2. The molecule has 0 aliphatic carbocycles. The molecule has 2 aromatic heterocycles. The van der Waals surface area contributed by atoms with Crippen LogP contribution in [0.3, 0.4) is 0 Å². The molecule has 0 radical (unpaired) electrons. The molecule has 108 valence electrons. The van der Waals surface area contributed by atoms with Crippen molar-refractivity contribution >= 4 is 21.4 Å². The summed E-state index contributed by atoms with van der Waals surface area (Å²) in [6.07, 6.45) is 2.10. The lowest BCUT2D eigenvalue weighted by Gasteiger charge is -2.12. The summed E-state index contributed by atoms with van der Waals surface area (Å²) in [4.78, 5) is 4.98. The van der Waals surface area contributed by atoms with Crippen LogP contribution >= 0.6 is 11.3 Å². The quantitative estimate of drug-likeness (QED) is 0.851. The van der Waals surface area contributed by atoms with Crippen LogP contribution in [0.5, 0.6) is 0 Å². The van der Waals surface area contributed by atoms with Gasteiger partial charge in [-0.2, -0.15) is 0 Å². The van der Waals surface area contributed by atoms with Gasteiger partial charge in [0.25, 0.3) is 10.0 Å². The molecule has 0 aliphatic rings. The molecule has 0 aliphatic heterocycles. The number of rotatable bonds is 6. The van der Waals surface area contributed by atoms with Gasteiger partial charge in [0, 0.05) is 24.1 Å². The highest BCUT2D eigenvalue weighted by molar-refractivity contribution is 7.91. The summed E-state index contributed by atoms with van der Waals surface area (Å²) < 4.78 is 27.3. The molecule has 2 rings (SSSR count). The van der Waals surface area contributed by atoms with Crippen LogP contribution < -0.4 is 4.72 Å². The molecule has 0 bridgehead atoms. The van der Waals surface area contributed by atoms with E-state index in [0.717, 1.165) is 4.88 Å². The predicted octanol–water partition coefficient (Wildman–Crippen LogP) is 1.72. The van der Waals surface area contributed by atoms with Crippen molar-refractivity contribution in [1.82, 2.24) is 9.71 Å². The van der Waals surface area contributed by atoms with E-state index in [2.05, 4.69) is 9.71 Å². The number of hydrogen-bond acceptors (Lipinski definition) is 5. The Hall–Kier alpha value is -1.28. The summed E-state index contributed by atoms with van der Waals surface area (Å²) in [7, 11) is -3.56. The Bertz CT molecular complexity index is 653. The molecule has 0 fully saturated rings. The van der Waals surface area contributed by atoms with E-state index >= 15 is 0 Å². The van der Waals surface area contributed by atoms with Crippen molar-refractivity contribution in [3.8, 4) is 0 Å². The fourth-order valence-electron chi connectivity index (χ4n) is 1.73. The largest absolute Gasteiger partial charge is 0.396 e. The van der Waals surface area contributed by atoms with Crippen molar-refractivity contribution in [2.45, 2.75) is 23.6 Å². The molecule has 1 unspecified atom stereocenters. The Morgan fingerprint density at radius 3 is 2.80 bits per heavy atom. The molecular formula is C13H16N2O3S2. The molecule has 2 aromatic rings. The zero-order valence-electron chi connectivity index (χ0n) is 11.0. The van der Waals surface area contributed by atoms with Crippen LogP contribution in [0.1, 0.15) is 23.5 Å². The number of nitrogens with one attached hydrogen (secondary N) is 1. The number of aromatic nitrogens is 1. The second-order valence-electron chi connectivity index (χ2n) is 4.29. The Kier molecular flexibility index (Phi) is 4.87. The van der Waals surface area contributed by atoms with E-state index in [0.29, 0.717) is 12.1 Å². The van der Waals surface area contributed by atoms with Gasteiger partial charge in [-0.05, 0) is 31.2 Å². The molecule has 2 N–H and O–H groups in total. The van der Waals surface area contributed by atoms with Crippen molar-refractivity contribution in [1.29, 1.82) is 0 Å². The van der Waals surface area contributed by atoms with Crippen molar-refractivity contribution in [3.05, 3.63) is 47.1 Å². The predicted molar refractivity (Wildman–Crippen MR) is 78.1 cm³/mol. The minimum atomic E-state index is -3.56. The van der Waals surface area contributed by atoms with E-state index in [1.165, 1.54) is 11.3 Å². The third-order valence-electron chi connectivity index (χ3n) is 2.72. The summed E-state index contributed by atoms with van der Waals surface area (Å²) in [6, 6.07) is 8.26. The maximum atomic E-state index is 12.2. The first-order valence-electron chi connectivity index (χ1n) is 6.16. The summed E-state index contributed by atoms with van der Waals surface area (Å²) >= 11 is 1.17. The number of hydrogen-bond donors (Lipinski definition) is 2. The Morgan fingerprint density at radius 1 is 1.35 bits per heavy atom. The van der Waals surface area contributed by atoms with Crippen LogP contribution in [-0.4, -0.2) is 25.1 Å². The van der Waals surface area contributed by atoms with Crippen molar-refractivity contribution in [2.24, 2.45) is 0 Å². The fourth-order valence-corrected chi connectivity index (χ4v) is 4.31. The highest BCUT2D eigenvalue weighted by atomic mass is 32.2. The fraction of sp³-hybridized carbons (Fsp3) is 0.308. The zero-order chi connectivity index (χ0) is 14.6. The molecule has 0 saturated heterocycles. The smallest absolute Gasteiger partial charge is 0.250 e. The van der Waals surface area contributed by atoms with Crippen molar-refractivity contribution in [2.75, 3.05) is 6.61 Å². The Balaban J connectivity index is 2.14. The topological polar surface area (TPSA) is 79.3 Å². The van der Waals surface area contributed by atoms with Crippen molar-refractivity contribution < 1.29 is 13.5 Å². The van der Waals surface area contributed by atoms with Crippen LogP contribution in [0.15, 0.2) is 40.7 Å².